The number of benzene rings is 1. The summed E-state index contributed by atoms with van der Waals surface area (Å²) in [5, 5.41) is 20.1. The first-order chi connectivity index (χ1) is 12.2. The fourth-order valence-electron chi connectivity index (χ4n) is 3.88. The Labute approximate surface area is 146 Å². The molecule has 2 aromatic rings. The summed E-state index contributed by atoms with van der Waals surface area (Å²) in [4.78, 5) is 16.5. The van der Waals surface area contributed by atoms with Crippen molar-refractivity contribution in [2.75, 3.05) is 5.32 Å². The first kappa shape index (κ1) is 16.1. The van der Waals surface area contributed by atoms with Gasteiger partial charge in [0.15, 0.2) is 0 Å². The van der Waals surface area contributed by atoms with Gasteiger partial charge in [-0.15, -0.1) is 5.10 Å². The van der Waals surface area contributed by atoms with Crippen molar-refractivity contribution in [3.8, 4) is 0 Å². The standard InChI is InChI=1S/C18H23N5O2/c24-15-10-12-6-4-5-9-14(12)16(15)20-18(25)21-17-19-11-23(22-17)13-7-2-1-3-8-13/h4-6,9,11,13,15-16,24H,1-3,7-8,10H2,(H2,20,21,22,25). The van der Waals surface area contributed by atoms with Crippen LogP contribution in [-0.4, -0.2) is 32.0 Å². The maximum atomic E-state index is 12.3. The van der Waals surface area contributed by atoms with Crippen molar-refractivity contribution >= 4 is 12.0 Å². The third kappa shape index (κ3) is 3.37. The smallest absolute Gasteiger partial charge is 0.322 e. The molecule has 2 unspecified atom stereocenters. The molecule has 1 saturated carbocycles. The maximum absolute atomic E-state index is 12.3. The van der Waals surface area contributed by atoms with Gasteiger partial charge in [-0.1, -0.05) is 43.5 Å². The minimum Gasteiger partial charge on any atom is -0.390 e. The number of fused-ring (bicyclic) bond motifs is 1. The van der Waals surface area contributed by atoms with Crippen molar-refractivity contribution in [3.63, 3.8) is 0 Å². The van der Waals surface area contributed by atoms with Gasteiger partial charge in [0.1, 0.15) is 6.33 Å². The number of rotatable bonds is 3. The molecule has 7 nitrogen and oxygen atoms in total. The van der Waals surface area contributed by atoms with Crippen LogP contribution in [0.2, 0.25) is 0 Å². The van der Waals surface area contributed by atoms with Gasteiger partial charge in [-0.3, -0.25) is 5.32 Å². The molecule has 1 aromatic carbocycles. The number of aliphatic hydroxyl groups excluding tert-OH is 1. The summed E-state index contributed by atoms with van der Waals surface area (Å²) in [6.45, 7) is 0. The van der Waals surface area contributed by atoms with E-state index in [9.17, 15) is 9.90 Å². The van der Waals surface area contributed by atoms with Crippen LogP contribution >= 0.6 is 0 Å². The van der Waals surface area contributed by atoms with Gasteiger partial charge in [-0.25, -0.2) is 14.5 Å². The van der Waals surface area contributed by atoms with Crippen molar-refractivity contribution in [1.82, 2.24) is 20.1 Å². The zero-order valence-corrected chi connectivity index (χ0v) is 14.1. The number of nitrogens with zero attached hydrogens (tertiary/aromatic N) is 3. The molecule has 7 heteroatoms. The van der Waals surface area contributed by atoms with E-state index in [0.29, 0.717) is 18.4 Å². The van der Waals surface area contributed by atoms with Crippen LogP contribution in [0, 0.1) is 0 Å². The number of hydrogen-bond acceptors (Lipinski definition) is 4. The van der Waals surface area contributed by atoms with E-state index in [-0.39, 0.29) is 0 Å². The summed E-state index contributed by atoms with van der Waals surface area (Å²) in [5.74, 6) is 0.295. The third-order valence-electron chi connectivity index (χ3n) is 5.17. The molecule has 1 fully saturated rings. The second-order valence-electron chi connectivity index (χ2n) is 6.89. The molecular weight excluding hydrogens is 318 g/mol. The second kappa shape index (κ2) is 6.84. The predicted molar refractivity (Wildman–Crippen MR) is 93.2 cm³/mol. The van der Waals surface area contributed by atoms with Gasteiger partial charge in [-0.2, -0.15) is 0 Å². The van der Waals surface area contributed by atoms with E-state index in [1.54, 1.807) is 6.33 Å². The van der Waals surface area contributed by atoms with Crippen LogP contribution in [0.5, 0.6) is 0 Å². The van der Waals surface area contributed by atoms with Gasteiger partial charge < -0.3 is 10.4 Å². The lowest BCUT2D eigenvalue weighted by molar-refractivity contribution is 0.144. The van der Waals surface area contributed by atoms with Gasteiger partial charge in [0.05, 0.1) is 18.2 Å². The van der Waals surface area contributed by atoms with E-state index in [1.165, 1.54) is 19.3 Å². The van der Waals surface area contributed by atoms with Crippen LogP contribution in [0.15, 0.2) is 30.6 Å². The van der Waals surface area contributed by atoms with Crippen molar-refractivity contribution in [2.24, 2.45) is 0 Å². The zero-order chi connectivity index (χ0) is 17.2. The molecule has 0 bridgehead atoms. The Morgan fingerprint density at radius 2 is 2.00 bits per heavy atom. The molecular formula is C18H23N5O2. The molecule has 4 rings (SSSR count). The summed E-state index contributed by atoms with van der Waals surface area (Å²) >= 11 is 0. The van der Waals surface area contributed by atoms with E-state index >= 15 is 0 Å². The zero-order valence-electron chi connectivity index (χ0n) is 14.1. The molecule has 0 saturated heterocycles. The van der Waals surface area contributed by atoms with Crippen LogP contribution in [0.4, 0.5) is 10.7 Å². The molecule has 1 aromatic heterocycles. The SMILES string of the molecule is O=C(Nc1ncn(C2CCCCC2)n1)NC1c2ccccc2CC1O. The lowest BCUT2D eigenvalue weighted by Gasteiger charge is -2.21. The quantitative estimate of drug-likeness (QED) is 0.800. The van der Waals surface area contributed by atoms with Crippen molar-refractivity contribution in [3.05, 3.63) is 41.7 Å². The Hall–Kier alpha value is -2.41. The molecule has 2 amide bonds. The van der Waals surface area contributed by atoms with Gasteiger partial charge in [0.2, 0.25) is 5.95 Å². The van der Waals surface area contributed by atoms with Crippen LogP contribution < -0.4 is 10.6 Å². The molecule has 0 aliphatic heterocycles. The minimum absolute atomic E-state index is 0.295. The molecule has 132 valence electrons. The van der Waals surface area contributed by atoms with Crippen LogP contribution in [0.1, 0.15) is 55.3 Å². The van der Waals surface area contributed by atoms with Crippen molar-refractivity contribution < 1.29 is 9.90 Å². The van der Waals surface area contributed by atoms with Crippen molar-refractivity contribution in [2.45, 2.75) is 56.7 Å². The highest BCUT2D eigenvalue weighted by atomic mass is 16.3. The van der Waals surface area contributed by atoms with E-state index in [4.69, 9.17) is 0 Å². The largest absolute Gasteiger partial charge is 0.390 e. The molecule has 2 aliphatic rings. The van der Waals surface area contributed by atoms with Crippen LogP contribution in [0.25, 0.3) is 0 Å². The Morgan fingerprint density at radius 3 is 2.84 bits per heavy atom. The predicted octanol–water partition coefficient (Wildman–Crippen LogP) is 2.56. The first-order valence-corrected chi connectivity index (χ1v) is 8.95. The second-order valence-corrected chi connectivity index (χ2v) is 6.89. The van der Waals surface area contributed by atoms with Gasteiger partial charge in [0.25, 0.3) is 0 Å². The normalized spacial score (nSPS) is 23.2. The fraction of sp³-hybridized carbons (Fsp3) is 0.500. The van der Waals surface area contributed by atoms with Crippen molar-refractivity contribution in [1.29, 1.82) is 0 Å². The molecule has 0 radical (unpaired) electrons. The number of carbonyl (C=O) groups excluding carboxylic acids is 1. The molecule has 2 aliphatic carbocycles. The minimum atomic E-state index is -0.615. The average Bonchev–Trinajstić information content (AvgIpc) is 3.21. The number of nitrogens with one attached hydrogen (secondary N) is 2. The van der Waals surface area contributed by atoms with Gasteiger partial charge in [-0.05, 0) is 24.0 Å². The third-order valence-corrected chi connectivity index (χ3v) is 5.17. The van der Waals surface area contributed by atoms with E-state index in [0.717, 1.165) is 24.0 Å². The van der Waals surface area contributed by atoms with Gasteiger partial charge in [0, 0.05) is 6.42 Å². The fourth-order valence-corrected chi connectivity index (χ4v) is 3.88. The number of aromatic nitrogens is 3. The number of hydrogen-bond donors (Lipinski definition) is 3. The summed E-state index contributed by atoms with van der Waals surface area (Å²) in [6, 6.07) is 7.34. The van der Waals surface area contributed by atoms with Crippen LogP contribution in [0.3, 0.4) is 0 Å². The Kier molecular flexibility index (Phi) is 4.40. The topological polar surface area (TPSA) is 92.1 Å². The van der Waals surface area contributed by atoms with Gasteiger partial charge >= 0.3 is 6.03 Å². The summed E-state index contributed by atoms with van der Waals surface area (Å²) < 4.78 is 1.86. The molecule has 0 spiro atoms. The molecule has 2 atom stereocenters. The Balaban J connectivity index is 1.39. The summed E-state index contributed by atoms with van der Waals surface area (Å²) in [6.07, 6.45) is 7.56. The highest BCUT2D eigenvalue weighted by molar-refractivity contribution is 5.87. The number of urea groups is 1. The highest BCUT2D eigenvalue weighted by Gasteiger charge is 2.32. The number of anilines is 1. The summed E-state index contributed by atoms with van der Waals surface area (Å²) in [7, 11) is 0. The lowest BCUT2D eigenvalue weighted by atomic mass is 9.96. The molecule has 1 heterocycles. The van der Waals surface area contributed by atoms with E-state index in [2.05, 4.69) is 20.7 Å². The first-order valence-electron chi connectivity index (χ1n) is 8.95. The van der Waals surface area contributed by atoms with Crippen LogP contribution in [-0.2, 0) is 6.42 Å². The van der Waals surface area contributed by atoms with E-state index < -0.39 is 18.2 Å². The Morgan fingerprint density at radius 1 is 1.20 bits per heavy atom. The monoisotopic (exact) mass is 341 g/mol. The average molecular weight is 341 g/mol. The Bertz CT molecular complexity index is 753. The highest BCUT2D eigenvalue weighted by Crippen LogP contribution is 2.31. The molecule has 3 N–H and O–H groups in total. The number of aliphatic hydroxyl groups is 1. The molecule has 25 heavy (non-hydrogen) atoms. The van der Waals surface area contributed by atoms with E-state index in [1.807, 2.05) is 28.9 Å². The number of carbonyl (C=O) groups is 1. The lowest BCUT2D eigenvalue weighted by Crippen LogP contribution is -2.37. The maximum Gasteiger partial charge on any atom is 0.322 e. The summed E-state index contributed by atoms with van der Waals surface area (Å²) in [5.41, 5.74) is 2.03. The number of amides is 2.